The Morgan fingerprint density at radius 2 is 2.35 bits per heavy atom. The van der Waals surface area contributed by atoms with Crippen LogP contribution in [0.15, 0.2) is 34.2 Å². The molecule has 1 aromatic carbocycles. The molecule has 6 heteroatoms. The maximum atomic E-state index is 11.9. The Labute approximate surface area is 125 Å². The average molecular weight is 306 g/mol. The Balaban J connectivity index is 1.75. The number of nitrogens with zero attached hydrogens (tertiary/aromatic N) is 1. The number of aromatic nitrogens is 2. The second kappa shape index (κ2) is 5.93. The number of H-pyrrole nitrogens is 1. The highest BCUT2D eigenvalue weighted by Crippen LogP contribution is 2.28. The van der Waals surface area contributed by atoms with Gasteiger partial charge in [0.05, 0.1) is 12.8 Å². The molecule has 1 N–H and O–H groups in total. The van der Waals surface area contributed by atoms with E-state index in [0.717, 1.165) is 39.8 Å². The quantitative estimate of drug-likeness (QED) is 0.695. The molecule has 1 aliphatic rings. The molecule has 0 saturated carbocycles. The molecule has 0 saturated heterocycles. The summed E-state index contributed by atoms with van der Waals surface area (Å²) >= 11 is 3.28. The molecule has 0 amide bonds. The Morgan fingerprint density at radius 3 is 3.20 bits per heavy atom. The number of methoxy groups -OCH3 is 1. The third-order valence-corrected chi connectivity index (χ3v) is 4.99. The number of benzene rings is 1. The Hall–Kier alpha value is -1.40. The Bertz CT molecular complexity index is 685. The summed E-state index contributed by atoms with van der Waals surface area (Å²) in [7, 11) is 1.66. The van der Waals surface area contributed by atoms with Gasteiger partial charge in [-0.05, 0) is 17.7 Å². The van der Waals surface area contributed by atoms with Crippen molar-refractivity contribution < 1.29 is 4.74 Å². The van der Waals surface area contributed by atoms with Gasteiger partial charge < -0.3 is 9.72 Å². The minimum atomic E-state index is 0.00754. The van der Waals surface area contributed by atoms with Crippen molar-refractivity contribution in [1.29, 1.82) is 0 Å². The van der Waals surface area contributed by atoms with Gasteiger partial charge in [-0.3, -0.25) is 4.79 Å². The van der Waals surface area contributed by atoms with Crippen molar-refractivity contribution in [3.05, 3.63) is 51.4 Å². The standard InChI is InChI=1S/C14H14N2O2S2/c1-18-10-4-2-3-9(5-10)6-20-14-15-12-8-19-7-11(12)13(17)16-14/h2-5H,6-8H2,1H3,(H,15,16,17). The van der Waals surface area contributed by atoms with Crippen molar-refractivity contribution in [3.8, 4) is 5.75 Å². The Morgan fingerprint density at radius 1 is 1.45 bits per heavy atom. The van der Waals surface area contributed by atoms with E-state index in [1.165, 1.54) is 0 Å². The zero-order chi connectivity index (χ0) is 13.9. The summed E-state index contributed by atoms with van der Waals surface area (Å²) in [6.07, 6.45) is 0. The van der Waals surface area contributed by atoms with Crippen LogP contribution in [-0.2, 0) is 17.3 Å². The molecule has 2 aromatic rings. The van der Waals surface area contributed by atoms with Crippen LogP contribution in [0.1, 0.15) is 16.8 Å². The van der Waals surface area contributed by atoms with Gasteiger partial charge in [-0.1, -0.05) is 23.9 Å². The van der Waals surface area contributed by atoms with Crippen molar-refractivity contribution in [2.75, 3.05) is 7.11 Å². The highest BCUT2D eigenvalue weighted by atomic mass is 32.2. The zero-order valence-corrected chi connectivity index (χ0v) is 12.6. The summed E-state index contributed by atoms with van der Waals surface area (Å²) in [5, 5.41) is 0.694. The van der Waals surface area contributed by atoms with Crippen LogP contribution in [0.4, 0.5) is 0 Å². The van der Waals surface area contributed by atoms with Crippen LogP contribution in [-0.4, -0.2) is 17.1 Å². The molecule has 4 nitrogen and oxygen atoms in total. The van der Waals surface area contributed by atoms with Crippen molar-refractivity contribution in [2.24, 2.45) is 0 Å². The first-order valence-corrected chi connectivity index (χ1v) is 8.36. The molecule has 0 unspecified atom stereocenters. The van der Waals surface area contributed by atoms with Crippen molar-refractivity contribution in [1.82, 2.24) is 9.97 Å². The van der Waals surface area contributed by atoms with Crippen molar-refractivity contribution in [3.63, 3.8) is 0 Å². The fourth-order valence-corrected chi connectivity index (χ4v) is 3.88. The van der Waals surface area contributed by atoms with E-state index in [1.54, 1.807) is 30.6 Å². The van der Waals surface area contributed by atoms with Gasteiger partial charge in [-0.15, -0.1) is 0 Å². The minimum absolute atomic E-state index is 0.00754. The molecule has 104 valence electrons. The number of fused-ring (bicyclic) bond motifs is 1. The minimum Gasteiger partial charge on any atom is -0.497 e. The second-order valence-corrected chi connectivity index (χ2v) is 6.38. The number of hydrogen-bond donors (Lipinski definition) is 1. The molecule has 20 heavy (non-hydrogen) atoms. The predicted octanol–water partition coefficient (Wildman–Crippen LogP) is 2.82. The van der Waals surface area contributed by atoms with Crippen LogP contribution < -0.4 is 10.3 Å². The molecular weight excluding hydrogens is 292 g/mol. The van der Waals surface area contributed by atoms with E-state index >= 15 is 0 Å². The van der Waals surface area contributed by atoms with E-state index in [4.69, 9.17) is 4.74 Å². The van der Waals surface area contributed by atoms with E-state index in [9.17, 15) is 4.79 Å². The van der Waals surface area contributed by atoms with E-state index in [2.05, 4.69) is 9.97 Å². The van der Waals surface area contributed by atoms with Crippen LogP contribution in [0.2, 0.25) is 0 Å². The third kappa shape index (κ3) is 2.86. The summed E-state index contributed by atoms with van der Waals surface area (Å²) in [5.74, 6) is 3.21. The maximum Gasteiger partial charge on any atom is 0.255 e. The molecule has 0 radical (unpaired) electrons. The summed E-state index contributed by atoms with van der Waals surface area (Å²) in [6, 6.07) is 7.91. The van der Waals surface area contributed by atoms with Crippen LogP contribution in [0.5, 0.6) is 5.75 Å². The van der Waals surface area contributed by atoms with Gasteiger partial charge in [0.15, 0.2) is 5.16 Å². The summed E-state index contributed by atoms with van der Waals surface area (Å²) < 4.78 is 5.20. The average Bonchev–Trinajstić information content (AvgIpc) is 2.94. The molecule has 3 rings (SSSR count). The van der Waals surface area contributed by atoms with Gasteiger partial charge in [0.25, 0.3) is 5.56 Å². The molecule has 0 bridgehead atoms. The smallest absolute Gasteiger partial charge is 0.255 e. The van der Waals surface area contributed by atoms with Gasteiger partial charge in [-0.2, -0.15) is 11.8 Å². The number of rotatable bonds is 4. The molecule has 0 fully saturated rings. The van der Waals surface area contributed by atoms with E-state index < -0.39 is 0 Å². The normalized spacial score (nSPS) is 13.2. The molecule has 2 heterocycles. The SMILES string of the molecule is COc1cccc(CSc2nc3c(c(=O)[nH]2)CSC3)c1. The summed E-state index contributed by atoms with van der Waals surface area (Å²) in [6.45, 7) is 0. The second-order valence-electron chi connectivity index (χ2n) is 4.43. The lowest BCUT2D eigenvalue weighted by molar-refractivity contribution is 0.414. The first-order valence-electron chi connectivity index (χ1n) is 6.22. The lowest BCUT2D eigenvalue weighted by Crippen LogP contribution is -2.14. The Kier molecular flexibility index (Phi) is 4.03. The highest BCUT2D eigenvalue weighted by molar-refractivity contribution is 7.98. The molecular formula is C14H14N2O2S2. The largest absolute Gasteiger partial charge is 0.497 e. The van der Waals surface area contributed by atoms with Crippen LogP contribution in [0.25, 0.3) is 0 Å². The zero-order valence-electron chi connectivity index (χ0n) is 11.0. The fourth-order valence-electron chi connectivity index (χ4n) is 2.02. The fraction of sp³-hybridized carbons (Fsp3) is 0.286. The topological polar surface area (TPSA) is 55.0 Å². The van der Waals surface area contributed by atoms with Gasteiger partial charge in [-0.25, -0.2) is 4.98 Å². The van der Waals surface area contributed by atoms with Gasteiger partial charge in [0, 0.05) is 22.8 Å². The van der Waals surface area contributed by atoms with Gasteiger partial charge >= 0.3 is 0 Å². The lowest BCUT2D eigenvalue weighted by atomic mass is 10.2. The van der Waals surface area contributed by atoms with Crippen LogP contribution in [0.3, 0.4) is 0 Å². The number of ether oxygens (including phenoxy) is 1. The number of hydrogen-bond acceptors (Lipinski definition) is 5. The van der Waals surface area contributed by atoms with Crippen molar-refractivity contribution in [2.45, 2.75) is 22.4 Å². The van der Waals surface area contributed by atoms with E-state index in [1.807, 2.05) is 24.3 Å². The van der Waals surface area contributed by atoms with E-state index in [-0.39, 0.29) is 5.56 Å². The van der Waals surface area contributed by atoms with Gasteiger partial charge in [0.1, 0.15) is 5.75 Å². The number of nitrogens with one attached hydrogen (secondary N) is 1. The first-order chi connectivity index (χ1) is 9.76. The molecule has 0 spiro atoms. The summed E-state index contributed by atoms with van der Waals surface area (Å²) in [5.41, 5.74) is 2.92. The number of thioether (sulfide) groups is 2. The van der Waals surface area contributed by atoms with Crippen LogP contribution in [0, 0.1) is 0 Å². The molecule has 1 aliphatic heterocycles. The van der Waals surface area contributed by atoms with Gasteiger partial charge in [0.2, 0.25) is 0 Å². The third-order valence-electron chi connectivity index (χ3n) is 3.07. The molecule has 0 aliphatic carbocycles. The van der Waals surface area contributed by atoms with Crippen molar-refractivity contribution >= 4 is 23.5 Å². The first kappa shape index (κ1) is 13.6. The van der Waals surface area contributed by atoms with E-state index in [0.29, 0.717) is 5.16 Å². The highest BCUT2D eigenvalue weighted by Gasteiger charge is 2.17. The molecule has 0 atom stereocenters. The molecule has 1 aromatic heterocycles. The monoisotopic (exact) mass is 306 g/mol. The van der Waals surface area contributed by atoms with Crippen LogP contribution >= 0.6 is 23.5 Å². The maximum absolute atomic E-state index is 11.9. The number of aromatic amines is 1. The lowest BCUT2D eigenvalue weighted by Gasteiger charge is -2.05. The summed E-state index contributed by atoms with van der Waals surface area (Å²) in [4.78, 5) is 19.3. The predicted molar refractivity (Wildman–Crippen MR) is 82.4 cm³/mol.